The highest BCUT2D eigenvalue weighted by atomic mass is 19.4. The van der Waals surface area contributed by atoms with Gasteiger partial charge in [-0.3, -0.25) is 28.9 Å². The zero-order valence-corrected chi connectivity index (χ0v) is 22.7. The van der Waals surface area contributed by atoms with Crippen LogP contribution in [-0.4, -0.2) is 75.9 Å². The number of fused-ring (bicyclic) bond motifs is 3. The lowest BCUT2D eigenvalue weighted by molar-refractivity contribution is -0.181. The summed E-state index contributed by atoms with van der Waals surface area (Å²) in [6.07, 6.45) is -3.76. The summed E-state index contributed by atoms with van der Waals surface area (Å²) in [5, 5.41) is 25.4. The van der Waals surface area contributed by atoms with Crippen molar-refractivity contribution in [2.24, 2.45) is 35.3 Å². The first-order valence-corrected chi connectivity index (χ1v) is 13.5. The number of alkyl halides is 3. The summed E-state index contributed by atoms with van der Waals surface area (Å²) in [6, 6.07) is -0.526. The Hall–Kier alpha value is -3.16. The molecule has 222 valence electrons. The van der Waals surface area contributed by atoms with Gasteiger partial charge in [0.25, 0.3) is 0 Å². The van der Waals surface area contributed by atoms with Gasteiger partial charge in [-0.05, 0) is 75.7 Å². The Balaban J connectivity index is 1.61. The molecule has 0 aromatic heterocycles. The average Bonchev–Trinajstić information content (AvgIpc) is 3.69. The topological polar surface area (TPSA) is 167 Å². The minimum absolute atomic E-state index is 0.0533. The van der Waals surface area contributed by atoms with Crippen molar-refractivity contribution in [1.29, 1.82) is 0 Å². The van der Waals surface area contributed by atoms with Crippen LogP contribution in [0.1, 0.15) is 53.2 Å². The molecule has 10 nitrogen and oxygen atoms in total. The fourth-order valence-electron chi connectivity index (χ4n) is 7.27. The number of aliphatic hydroxyl groups is 1. The average molecular weight is 580 g/mol. The van der Waals surface area contributed by atoms with E-state index in [9.17, 15) is 47.4 Å². The van der Waals surface area contributed by atoms with Crippen molar-refractivity contribution >= 4 is 29.0 Å². The van der Waals surface area contributed by atoms with Crippen LogP contribution >= 0.6 is 0 Å². The number of aromatic hydroxyl groups is 1. The number of primary amides is 1. The molecule has 0 aliphatic heterocycles. The van der Waals surface area contributed by atoms with Crippen LogP contribution in [-0.2, 0) is 38.3 Å². The van der Waals surface area contributed by atoms with Gasteiger partial charge in [0.05, 0.1) is 23.1 Å². The molecule has 1 aromatic rings. The van der Waals surface area contributed by atoms with E-state index in [0.717, 1.165) is 18.9 Å². The largest absolute Gasteiger partial charge is 0.507 e. The maximum atomic E-state index is 14.5. The first-order chi connectivity index (χ1) is 19.0. The Morgan fingerprint density at radius 1 is 1.20 bits per heavy atom. The lowest BCUT2D eigenvalue weighted by Gasteiger charge is -2.52. The van der Waals surface area contributed by atoms with Crippen LogP contribution in [0, 0.1) is 29.6 Å². The van der Waals surface area contributed by atoms with E-state index in [1.165, 1.54) is 19.0 Å². The first kappa shape index (κ1) is 29.3. The van der Waals surface area contributed by atoms with Gasteiger partial charge in [-0.15, -0.1) is 0 Å². The third kappa shape index (κ3) is 4.40. The van der Waals surface area contributed by atoms with Crippen molar-refractivity contribution in [3.05, 3.63) is 28.3 Å². The predicted octanol–water partition coefficient (Wildman–Crippen LogP) is 0.774. The van der Waals surface area contributed by atoms with E-state index in [1.54, 1.807) is 0 Å². The van der Waals surface area contributed by atoms with Crippen LogP contribution in [0.5, 0.6) is 5.75 Å². The molecule has 13 heteroatoms. The monoisotopic (exact) mass is 579 g/mol. The SMILES string of the molecule is C[C@@H](NCc1cc(O)c2c(c1C(F)(F)F)C[C@H]1C[C@H]3[C@H](N(C)C)C(=O)C(C(N)=O)C(=O)[C@@]3(O)C(=O)C1C2=O)C1CC1. The van der Waals surface area contributed by atoms with Gasteiger partial charge < -0.3 is 21.3 Å². The molecule has 4 aliphatic rings. The van der Waals surface area contributed by atoms with Crippen molar-refractivity contribution in [1.82, 2.24) is 10.2 Å². The number of carbonyl (C=O) groups excluding carboxylic acids is 5. The Bertz CT molecular complexity index is 1370. The summed E-state index contributed by atoms with van der Waals surface area (Å²) in [6.45, 7) is 1.65. The van der Waals surface area contributed by atoms with Gasteiger partial charge in [0, 0.05) is 18.5 Å². The molecule has 2 unspecified atom stereocenters. The number of amides is 1. The summed E-state index contributed by atoms with van der Waals surface area (Å²) in [4.78, 5) is 67.3. The Morgan fingerprint density at radius 3 is 2.37 bits per heavy atom. The standard InChI is InChI=1S/C28H32F3N3O7/c1-10(11-4-5-11)33-9-13-8-16(35)18-14(20(13)28(29,30)31)6-12-7-15-21(34(2)3)23(37)19(26(32)40)25(39)27(15,41)24(38)17(12)22(18)36/h8,10-12,15,17,19,21,33,35,41H,4-7,9H2,1-3H3,(H2,32,40)/t10-,12+,15+,17?,19?,21+,27+/m1/s1. The number of nitrogens with zero attached hydrogens (tertiary/aromatic N) is 1. The molecule has 5 rings (SSSR count). The third-order valence-corrected chi connectivity index (χ3v) is 9.37. The number of ketones is 4. The molecule has 0 heterocycles. The number of hydrogen-bond donors (Lipinski definition) is 4. The molecule has 4 aliphatic carbocycles. The van der Waals surface area contributed by atoms with Gasteiger partial charge in [-0.25, -0.2) is 0 Å². The highest BCUT2D eigenvalue weighted by Crippen LogP contribution is 2.52. The van der Waals surface area contributed by atoms with Gasteiger partial charge in [0.2, 0.25) is 5.91 Å². The molecule has 0 radical (unpaired) electrons. The van der Waals surface area contributed by atoms with Gasteiger partial charge in [-0.2, -0.15) is 13.2 Å². The number of halogens is 3. The molecule has 0 saturated heterocycles. The lowest BCUT2D eigenvalue weighted by atomic mass is 9.52. The number of hydrogen-bond acceptors (Lipinski definition) is 9. The summed E-state index contributed by atoms with van der Waals surface area (Å²) in [5.74, 6) is -13.0. The molecule has 7 atom stereocenters. The molecule has 0 spiro atoms. The van der Waals surface area contributed by atoms with Gasteiger partial charge in [-0.1, -0.05) is 0 Å². The second-order valence-electron chi connectivity index (χ2n) is 12.1. The summed E-state index contributed by atoms with van der Waals surface area (Å²) in [5.41, 5.74) is -0.116. The maximum absolute atomic E-state index is 14.5. The van der Waals surface area contributed by atoms with E-state index < -0.39 is 99.4 Å². The van der Waals surface area contributed by atoms with Crippen LogP contribution < -0.4 is 11.1 Å². The molecule has 1 aromatic carbocycles. The number of phenolic OH excluding ortho intramolecular Hbond substituents is 1. The quantitative estimate of drug-likeness (QED) is 0.356. The number of carbonyl (C=O) groups is 5. The highest BCUT2D eigenvalue weighted by molar-refractivity contribution is 6.32. The molecule has 5 N–H and O–H groups in total. The number of Topliss-reactive ketones (excluding diaryl/α,β-unsaturated/α-hetero) is 4. The van der Waals surface area contributed by atoms with Crippen LogP contribution in [0.4, 0.5) is 13.2 Å². The fourth-order valence-corrected chi connectivity index (χ4v) is 7.27. The number of nitrogens with one attached hydrogen (secondary N) is 1. The van der Waals surface area contributed by atoms with Gasteiger partial charge in [0.1, 0.15) is 5.75 Å². The van der Waals surface area contributed by atoms with E-state index >= 15 is 0 Å². The Labute approximate surface area is 233 Å². The zero-order valence-electron chi connectivity index (χ0n) is 22.7. The van der Waals surface area contributed by atoms with Crippen LogP contribution in [0.15, 0.2) is 6.07 Å². The molecule has 1 amide bonds. The summed E-state index contributed by atoms with van der Waals surface area (Å²) in [7, 11) is 2.85. The second-order valence-corrected chi connectivity index (χ2v) is 12.1. The minimum Gasteiger partial charge on any atom is -0.507 e. The summed E-state index contributed by atoms with van der Waals surface area (Å²) >= 11 is 0. The number of nitrogens with two attached hydrogens (primary N) is 1. The normalized spacial score (nSPS) is 32.4. The molecular weight excluding hydrogens is 547 g/mol. The van der Waals surface area contributed by atoms with Gasteiger partial charge in [0.15, 0.2) is 34.7 Å². The van der Waals surface area contributed by atoms with Crippen molar-refractivity contribution in [2.45, 2.75) is 63.0 Å². The predicted molar refractivity (Wildman–Crippen MR) is 135 cm³/mol. The second kappa shape index (κ2) is 9.70. The van der Waals surface area contributed by atoms with Crippen LogP contribution in [0.25, 0.3) is 0 Å². The molecule has 3 fully saturated rings. The number of benzene rings is 1. The van der Waals surface area contributed by atoms with Gasteiger partial charge >= 0.3 is 6.18 Å². The fraction of sp³-hybridized carbons (Fsp3) is 0.607. The third-order valence-electron chi connectivity index (χ3n) is 9.37. The van der Waals surface area contributed by atoms with Crippen LogP contribution in [0.2, 0.25) is 0 Å². The first-order valence-electron chi connectivity index (χ1n) is 13.5. The molecule has 3 saturated carbocycles. The van der Waals surface area contributed by atoms with E-state index in [2.05, 4.69) is 5.32 Å². The number of phenols is 1. The number of likely N-dealkylation sites (N-methyl/N-ethyl adjacent to an activating group) is 1. The smallest absolute Gasteiger partial charge is 0.417 e. The molecular formula is C28H32F3N3O7. The Morgan fingerprint density at radius 2 is 1.83 bits per heavy atom. The van der Waals surface area contributed by atoms with Crippen molar-refractivity contribution in [3.8, 4) is 5.75 Å². The molecule has 0 bridgehead atoms. The Kier molecular flexibility index (Phi) is 6.94. The van der Waals surface area contributed by atoms with E-state index in [1.807, 2.05) is 6.92 Å². The van der Waals surface area contributed by atoms with Crippen molar-refractivity contribution in [3.63, 3.8) is 0 Å². The van der Waals surface area contributed by atoms with Crippen molar-refractivity contribution in [2.75, 3.05) is 14.1 Å². The summed E-state index contributed by atoms with van der Waals surface area (Å²) < 4.78 is 43.6. The number of rotatable bonds is 6. The van der Waals surface area contributed by atoms with Crippen LogP contribution in [0.3, 0.4) is 0 Å². The maximum Gasteiger partial charge on any atom is 0.417 e. The van der Waals surface area contributed by atoms with E-state index in [-0.39, 0.29) is 24.6 Å². The zero-order chi connectivity index (χ0) is 30.3. The highest BCUT2D eigenvalue weighted by Gasteiger charge is 2.69. The minimum atomic E-state index is -4.90. The van der Waals surface area contributed by atoms with E-state index in [4.69, 9.17) is 5.73 Å². The molecule has 41 heavy (non-hydrogen) atoms. The van der Waals surface area contributed by atoms with E-state index in [0.29, 0.717) is 5.92 Å². The lowest BCUT2D eigenvalue weighted by Crippen LogP contribution is -2.74. The van der Waals surface area contributed by atoms with Crippen molar-refractivity contribution < 1.29 is 47.4 Å².